The van der Waals surface area contributed by atoms with Crippen LogP contribution in [-0.4, -0.2) is 23.5 Å². The quantitative estimate of drug-likeness (QED) is 0.844. The van der Waals surface area contributed by atoms with Crippen molar-refractivity contribution in [3.05, 3.63) is 29.3 Å². The van der Waals surface area contributed by atoms with Crippen LogP contribution in [0.15, 0.2) is 29.2 Å². The van der Waals surface area contributed by atoms with Crippen LogP contribution in [0.1, 0.15) is 5.01 Å². The fraction of sp³-hybridized carbons (Fsp3) is 0.273. The van der Waals surface area contributed by atoms with Crippen LogP contribution in [-0.2, 0) is 6.54 Å². The molecule has 0 aliphatic carbocycles. The number of nitrogens with zero attached hydrogens (tertiary/aromatic N) is 2. The van der Waals surface area contributed by atoms with Gasteiger partial charge in [0.05, 0.1) is 0 Å². The van der Waals surface area contributed by atoms with Crippen LogP contribution in [0.2, 0.25) is 0 Å². The second-order valence-electron chi connectivity index (χ2n) is 3.27. The van der Waals surface area contributed by atoms with Gasteiger partial charge in [0.2, 0.25) is 0 Å². The third kappa shape index (κ3) is 3.42. The average Bonchev–Trinajstić information content (AvgIpc) is 2.78. The largest absolute Gasteiger partial charge is 0.430 e. The Hall–Kier alpha value is -1.11. The first-order valence-corrected chi connectivity index (χ1v) is 7.15. The highest BCUT2D eigenvalue weighted by atomic mass is 32.2. The van der Waals surface area contributed by atoms with Crippen molar-refractivity contribution >= 4 is 23.1 Å². The summed E-state index contributed by atoms with van der Waals surface area (Å²) in [6, 6.07) is 7.92. The fourth-order valence-electron chi connectivity index (χ4n) is 1.25. The van der Waals surface area contributed by atoms with E-state index in [0.717, 1.165) is 10.8 Å². The van der Waals surface area contributed by atoms with Crippen molar-refractivity contribution in [3.8, 4) is 10.9 Å². The number of benzene rings is 1. The lowest BCUT2D eigenvalue weighted by Gasteiger charge is -2.01. The second-order valence-corrected chi connectivity index (χ2v) is 5.17. The standard InChI is InChI=1S/C11H13N3OS2/c1-12-7-10-13-14-11(17-10)15-8-3-5-9(16-2)6-4-8/h3-6,12H,7H2,1-2H3. The van der Waals surface area contributed by atoms with Gasteiger partial charge in [-0.2, -0.15) is 0 Å². The molecule has 4 nitrogen and oxygen atoms in total. The highest BCUT2D eigenvalue weighted by Crippen LogP contribution is 2.26. The van der Waals surface area contributed by atoms with Gasteiger partial charge >= 0.3 is 0 Å². The molecule has 6 heteroatoms. The zero-order chi connectivity index (χ0) is 12.1. The van der Waals surface area contributed by atoms with E-state index in [1.807, 2.05) is 37.6 Å². The molecule has 0 atom stereocenters. The van der Waals surface area contributed by atoms with Gasteiger partial charge < -0.3 is 10.1 Å². The number of thioether (sulfide) groups is 1. The summed E-state index contributed by atoms with van der Waals surface area (Å²) in [6.45, 7) is 0.715. The third-order valence-corrected chi connectivity index (χ3v) is 3.59. The summed E-state index contributed by atoms with van der Waals surface area (Å²) in [5.41, 5.74) is 0. The number of rotatable bonds is 5. The Bertz CT molecular complexity index is 470. The van der Waals surface area contributed by atoms with Gasteiger partial charge in [0.25, 0.3) is 5.19 Å². The molecule has 2 aromatic rings. The van der Waals surface area contributed by atoms with Gasteiger partial charge in [0.15, 0.2) is 0 Å². The molecule has 17 heavy (non-hydrogen) atoms. The van der Waals surface area contributed by atoms with Crippen molar-refractivity contribution in [2.24, 2.45) is 0 Å². The Morgan fingerprint density at radius 1 is 1.29 bits per heavy atom. The molecule has 0 aliphatic rings. The molecule has 0 bridgehead atoms. The third-order valence-electron chi connectivity index (χ3n) is 2.04. The Morgan fingerprint density at radius 2 is 2.06 bits per heavy atom. The molecule has 0 unspecified atom stereocenters. The zero-order valence-corrected chi connectivity index (χ0v) is 11.3. The van der Waals surface area contributed by atoms with Crippen molar-refractivity contribution in [1.82, 2.24) is 15.5 Å². The van der Waals surface area contributed by atoms with E-state index in [2.05, 4.69) is 15.5 Å². The normalized spacial score (nSPS) is 10.5. The van der Waals surface area contributed by atoms with Crippen molar-refractivity contribution < 1.29 is 4.74 Å². The second kappa shape index (κ2) is 6.00. The van der Waals surface area contributed by atoms with Gasteiger partial charge in [-0.15, -0.1) is 16.9 Å². The summed E-state index contributed by atoms with van der Waals surface area (Å²) >= 11 is 3.16. The molecule has 1 heterocycles. The van der Waals surface area contributed by atoms with Crippen molar-refractivity contribution in [2.45, 2.75) is 11.4 Å². The Kier molecular flexibility index (Phi) is 4.36. The Balaban J connectivity index is 2.03. The van der Waals surface area contributed by atoms with Crippen molar-refractivity contribution in [3.63, 3.8) is 0 Å². The van der Waals surface area contributed by atoms with Crippen LogP contribution < -0.4 is 10.1 Å². The van der Waals surface area contributed by atoms with Crippen LogP contribution in [0.25, 0.3) is 0 Å². The Morgan fingerprint density at radius 3 is 2.71 bits per heavy atom. The lowest BCUT2D eigenvalue weighted by atomic mass is 10.3. The van der Waals surface area contributed by atoms with Gasteiger partial charge in [-0.1, -0.05) is 16.4 Å². The van der Waals surface area contributed by atoms with E-state index in [1.165, 1.54) is 16.2 Å². The van der Waals surface area contributed by atoms with Gasteiger partial charge in [0.1, 0.15) is 10.8 Å². The topological polar surface area (TPSA) is 47.0 Å². The number of hydrogen-bond acceptors (Lipinski definition) is 6. The summed E-state index contributed by atoms with van der Waals surface area (Å²) in [6.07, 6.45) is 2.05. The molecule has 90 valence electrons. The van der Waals surface area contributed by atoms with E-state index in [9.17, 15) is 0 Å². The average molecular weight is 267 g/mol. The smallest absolute Gasteiger partial charge is 0.299 e. The number of hydrogen-bond donors (Lipinski definition) is 1. The summed E-state index contributed by atoms with van der Waals surface area (Å²) in [7, 11) is 1.88. The molecule has 0 spiro atoms. The van der Waals surface area contributed by atoms with Crippen LogP contribution in [0.3, 0.4) is 0 Å². The number of aromatic nitrogens is 2. The van der Waals surface area contributed by atoms with E-state index in [-0.39, 0.29) is 0 Å². The highest BCUT2D eigenvalue weighted by Gasteiger charge is 2.05. The maximum atomic E-state index is 5.61. The molecule has 1 N–H and O–H groups in total. The minimum absolute atomic E-state index is 0.576. The number of ether oxygens (including phenoxy) is 1. The van der Waals surface area contributed by atoms with Crippen molar-refractivity contribution in [2.75, 3.05) is 13.3 Å². The van der Waals surface area contributed by atoms with Crippen LogP contribution in [0.4, 0.5) is 0 Å². The van der Waals surface area contributed by atoms with E-state index >= 15 is 0 Å². The molecule has 1 aromatic carbocycles. The minimum atomic E-state index is 0.576. The first kappa shape index (κ1) is 12.3. The fourth-order valence-corrected chi connectivity index (χ4v) is 2.37. The molecule has 0 saturated heterocycles. The molecule has 0 saturated carbocycles. The minimum Gasteiger partial charge on any atom is -0.430 e. The van der Waals surface area contributed by atoms with Gasteiger partial charge in [-0.3, -0.25) is 0 Å². The molecule has 0 fully saturated rings. The van der Waals surface area contributed by atoms with Gasteiger partial charge in [-0.25, -0.2) is 0 Å². The SMILES string of the molecule is CNCc1nnc(Oc2ccc(SC)cc2)s1. The van der Waals surface area contributed by atoms with E-state index in [0.29, 0.717) is 11.7 Å². The van der Waals surface area contributed by atoms with E-state index < -0.39 is 0 Å². The number of nitrogens with one attached hydrogen (secondary N) is 1. The first-order chi connectivity index (χ1) is 8.31. The summed E-state index contributed by atoms with van der Waals surface area (Å²) in [5, 5.41) is 12.5. The predicted octanol–water partition coefficient (Wildman–Crippen LogP) is 2.77. The molecule has 1 aromatic heterocycles. The summed E-state index contributed by atoms with van der Waals surface area (Å²) in [4.78, 5) is 1.21. The lowest BCUT2D eigenvalue weighted by molar-refractivity contribution is 0.472. The van der Waals surface area contributed by atoms with Gasteiger partial charge in [0, 0.05) is 11.4 Å². The van der Waals surface area contributed by atoms with E-state index in [4.69, 9.17) is 4.74 Å². The maximum absolute atomic E-state index is 5.61. The Labute approximate surface area is 108 Å². The molecule has 0 aliphatic heterocycles. The molecule has 0 radical (unpaired) electrons. The summed E-state index contributed by atoms with van der Waals surface area (Å²) < 4.78 is 5.61. The monoisotopic (exact) mass is 267 g/mol. The summed E-state index contributed by atoms with van der Waals surface area (Å²) in [5.74, 6) is 0.787. The molecular weight excluding hydrogens is 254 g/mol. The highest BCUT2D eigenvalue weighted by molar-refractivity contribution is 7.98. The van der Waals surface area contributed by atoms with Gasteiger partial charge in [-0.05, 0) is 37.6 Å². The molecule has 2 rings (SSSR count). The van der Waals surface area contributed by atoms with E-state index in [1.54, 1.807) is 11.8 Å². The maximum Gasteiger partial charge on any atom is 0.299 e. The van der Waals surface area contributed by atoms with Crippen LogP contribution in [0.5, 0.6) is 10.9 Å². The molecule has 0 amide bonds. The van der Waals surface area contributed by atoms with Crippen LogP contribution >= 0.6 is 23.1 Å². The molecular formula is C11H13N3OS2. The van der Waals surface area contributed by atoms with Crippen molar-refractivity contribution in [1.29, 1.82) is 0 Å². The zero-order valence-electron chi connectivity index (χ0n) is 9.64. The van der Waals surface area contributed by atoms with Crippen LogP contribution in [0, 0.1) is 0 Å². The lowest BCUT2D eigenvalue weighted by Crippen LogP contribution is -2.04. The predicted molar refractivity (Wildman–Crippen MR) is 71.0 cm³/mol. The first-order valence-electron chi connectivity index (χ1n) is 5.10.